The minimum atomic E-state index is -0.471. The van der Waals surface area contributed by atoms with Gasteiger partial charge in [-0.3, -0.25) is 20.4 Å². The van der Waals surface area contributed by atoms with Crippen molar-refractivity contribution in [2.24, 2.45) is 0 Å². The molecule has 0 saturated heterocycles. The molecule has 5 nitrogen and oxygen atoms in total. The van der Waals surface area contributed by atoms with Gasteiger partial charge >= 0.3 is 0 Å². The third-order valence-electron chi connectivity index (χ3n) is 2.66. The summed E-state index contributed by atoms with van der Waals surface area (Å²) in [5.41, 5.74) is 5.75. The number of H-pyrrole nitrogens is 1. The molecule has 0 bridgehead atoms. The van der Waals surface area contributed by atoms with Gasteiger partial charge in [-0.25, -0.2) is 0 Å². The second kappa shape index (κ2) is 7.01. The van der Waals surface area contributed by atoms with E-state index in [1.807, 2.05) is 0 Å². The molecule has 3 N–H and O–H groups in total. The number of carbonyl (C=O) groups excluding carboxylic acids is 2. The Morgan fingerprint density at radius 3 is 2.52 bits per heavy atom. The Bertz CT molecular complexity index is 713. The highest BCUT2D eigenvalue weighted by atomic mass is 35.5. The van der Waals surface area contributed by atoms with Crippen molar-refractivity contribution in [1.29, 1.82) is 0 Å². The van der Waals surface area contributed by atoms with Crippen molar-refractivity contribution in [2.75, 3.05) is 0 Å². The number of amides is 2. The molecule has 2 rings (SSSR count). The molecule has 0 unspecified atom stereocenters. The Labute approximate surface area is 131 Å². The number of nitrogens with one attached hydrogen (secondary N) is 3. The standard InChI is InChI=1S/C14H12ClN3O2S/c15-10-5-3-9(4-6-10)8-12(19)17-18-13(20)11-2-1-7-16-14(11)21/h1-7H,8H2,(H,16,21)(H,17,19)(H,18,20). The molecule has 108 valence electrons. The summed E-state index contributed by atoms with van der Waals surface area (Å²) in [5.74, 6) is -0.808. The van der Waals surface area contributed by atoms with Crippen LogP contribution in [0.2, 0.25) is 5.02 Å². The first-order chi connectivity index (χ1) is 10.1. The molecule has 0 atom stereocenters. The summed E-state index contributed by atoms with van der Waals surface area (Å²) in [4.78, 5) is 26.3. The first-order valence-electron chi connectivity index (χ1n) is 6.07. The van der Waals surface area contributed by atoms with E-state index in [2.05, 4.69) is 15.8 Å². The lowest BCUT2D eigenvalue weighted by molar-refractivity contribution is -0.121. The van der Waals surface area contributed by atoms with Crippen LogP contribution in [0.1, 0.15) is 15.9 Å². The van der Waals surface area contributed by atoms with Crippen molar-refractivity contribution in [2.45, 2.75) is 6.42 Å². The average Bonchev–Trinajstić information content (AvgIpc) is 2.48. The van der Waals surface area contributed by atoms with Gasteiger partial charge in [-0.2, -0.15) is 0 Å². The summed E-state index contributed by atoms with van der Waals surface area (Å²) < 4.78 is 0.307. The maximum absolute atomic E-state index is 11.8. The fraction of sp³-hybridized carbons (Fsp3) is 0.0714. The number of hydrogen-bond donors (Lipinski definition) is 3. The Balaban J connectivity index is 1.89. The minimum absolute atomic E-state index is 0.138. The van der Waals surface area contributed by atoms with Crippen LogP contribution in [0.15, 0.2) is 42.6 Å². The van der Waals surface area contributed by atoms with Crippen LogP contribution in [-0.4, -0.2) is 16.8 Å². The van der Waals surface area contributed by atoms with Gasteiger partial charge in [0.05, 0.1) is 12.0 Å². The first-order valence-corrected chi connectivity index (χ1v) is 6.86. The Morgan fingerprint density at radius 1 is 1.14 bits per heavy atom. The van der Waals surface area contributed by atoms with Crippen LogP contribution in [0.4, 0.5) is 0 Å². The zero-order valence-corrected chi connectivity index (χ0v) is 12.4. The number of hydrazine groups is 1. The highest BCUT2D eigenvalue weighted by molar-refractivity contribution is 7.71. The molecule has 0 radical (unpaired) electrons. The van der Waals surface area contributed by atoms with E-state index in [1.54, 1.807) is 42.6 Å². The van der Waals surface area contributed by atoms with Crippen LogP contribution in [0.25, 0.3) is 0 Å². The van der Waals surface area contributed by atoms with E-state index >= 15 is 0 Å². The fourth-order valence-corrected chi connectivity index (χ4v) is 1.98. The predicted octanol–water partition coefficient (Wildman–Crippen LogP) is 2.40. The maximum atomic E-state index is 11.8. The van der Waals surface area contributed by atoms with E-state index in [4.69, 9.17) is 23.8 Å². The van der Waals surface area contributed by atoms with Crippen molar-refractivity contribution >= 4 is 35.6 Å². The number of aromatic amines is 1. The summed E-state index contributed by atoms with van der Waals surface area (Å²) in [6.07, 6.45) is 1.76. The van der Waals surface area contributed by atoms with Gasteiger partial charge < -0.3 is 4.98 Å². The van der Waals surface area contributed by atoms with E-state index in [0.29, 0.717) is 15.2 Å². The summed E-state index contributed by atoms with van der Waals surface area (Å²) in [5, 5.41) is 0.603. The molecule has 0 aliphatic rings. The summed E-state index contributed by atoms with van der Waals surface area (Å²) in [7, 11) is 0. The van der Waals surface area contributed by atoms with Crippen molar-refractivity contribution in [3.8, 4) is 0 Å². The van der Waals surface area contributed by atoms with Crippen molar-refractivity contribution < 1.29 is 9.59 Å². The number of aromatic nitrogens is 1. The van der Waals surface area contributed by atoms with Crippen molar-refractivity contribution in [3.05, 3.63) is 63.4 Å². The average molecular weight is 322 g/mol. The van der Waals surface area contributed by atoms with E-state index in [0.717, 1.165) is 5.56 Å². The molecule has 1 heterocycles. The number of pyridine rings is 1. The topological polar surface area (TPSA) is 74.0 Å². The lowest BCUT2D eigenvalue weighted by Gasteiger charge is -2.07. The van der Waals surface area contributed by atoms with Crippen LogP contribution in [0.3, 0.4) is 0 Å². The lowest BCUT2D eigenvalue weighted by Crippen LogP contribution is -2.42. The molecule has 0 aliphatic heterocycles. The fourth-order valence-electron chi connectivity index (χ4n) is 1.63. The highest BCUT2D eigenvalue weighted by Crippen LogP contribution is 2.09. The maximum Gasteiger partial charge on any atom is 0.272 e. The van der Waals surface area contributed by atoms with Gasteiger partial charge in [0.15, 0.2) is 0 Å². The van der Waals surface area contributed by atoms with Gasteiger partial charge in [-0.05, 0) is 29.8 Å². The highest BCUT2D eigenvalue weighted by Gasteiger charge is 2.09. The van der Waals surface area contributed by atoms with E-state index in [1.165, 1.54) is 0 Å². The van der Waals surface area contributed by atoms with Crippen LogP contribution in [0.5, 0.6) is 0 Å². The van der Waals surface area contributed by atoms with Crippen LogP contribution in [-0.2, 0) is 11.2 Å². The van der Waals surface area contributed by atoms with Crippen LogP contribution in [0, 0.1) is 4.64 Å². The van der Waals surface area contributed by atoms with Crippen molar-refractivity contribution in [3.63, 3.8) is 0 Å². The molecule has 21 heavy (non-hydrogen) atoms. The molecule has 1 aromatic carbocycles. The second-order valence-corrected chi connectivity index (χ2v) is 5.06. The van der Waals surface area contributed by atoms with Crippen LogP contribution >= 0.6 is 23.8 Å². The Hall–Kier alpha value is -2.18. The minimum Gasteiger partial charge on any atom is -0.352 e. The van der Waals surface area contributed by atoms with Gasteiger partial charge in [0, 0.05) is 11.2 Å². The smallest absolute Gasteiger partial charge is 0.272 e. The third-order valence-corrected chi connectivity index (χ3v) is 3.25. The number of rotatable bonds is 3. The molecule has 0 aliphatic carbocycles. The van der Waals surface area contributed by atoms with E-state index in [-0.39, 0.29) is 12.3 Å². The summed E-state index contributed by atoms with van der Waals surface area (Å²) in [6, 6.07) is 10.1. The molecule has 0 saturated carbocycles. The number of halogens is 1. The molecular formula is C14H12ClN3O2S. The molecule has 1 aromatic heterocycles. The van der Waals surface area contributed by atoms with E-state index in [9.17, 15) is 9.59 Å². The van der Waals surface area contributed by atoms with Crippen molar-refractivity contribution in [1.82, 2.24) is 15.8 Å². The number of hydrogen-bond acceptors (Lipinski definition) is 3. The van der Waals surface area contributed by atoms with Gasteiger partial charge in [0.2, 0.25) is 5.91 Å². The Kier molecular flexibility index (Phi) is 5.08. The number of benzene rings is 1. The summed E-state index contributed by atoms with van der Waals surface area (Å²) in [6.45, 7) is 0. The van der Waals surface area contributed by atoms with Gasteiger partial charge in [0.25, 0.3) is 5.91 Å². The van der Waals surface area contributed by atoms with Gasteiger partial charge in [0.1, 0.15) is 4.64 Å². The quantitative estimate of drug-likeness (QED) is 0.600. The molecule has 0 fully saturated rings. The molecule has 2 amide bonds. The molecule has 7 heteroatoms. The first kappa shape index (κ1) is 15.2. The SMILES string of the molecule is O=C(Cc1ccc(Cl)cc1)NNC(=O)c1ccc[nH]c1=S. The molecule has 0 spiro atoms. The lowest BCUT2D eigenvalue weighted by atomic mass is 10.1. The van der Waals surface area contributed by atoms with Gasteiger partial charge in [-0.15, -0.1) is 0 Å². The molecule has 2 aromatic rings. The zero-order valence-electron chi connectivity index (χ0n) is 10.9. The van der Waals surface area contributed by atoms with Crippen LogP contribution < -0.4 is 10.9 Å². The largest absolute Gasteiger partial charge is 0.352 e. The van der Waals surface area contributed by atoms with E-state index < -0.39 is 5.91 Å². The second-order valence-electron chi connectivity index (χ2n) is 4.22. The Morgan fingerprint density at radius 2 is 1.86 bits per heavy atom. The monoisotopic (exact) mass is 321 g/mol. The summed E-state index contributed by atoms with van der Waals surface area (Å²) >= 11 is 10.7. The molecular weight excluding hydrogens is 310 g/mol. The normalized spacial score (nSPS) is 9.95. The predicted molar refractivity (Wildman–Crippen MR) is 82.4 cm³/mol. The van der Waals surface area contributed by atoms with Gasteiger partial charge in [-0.1, -0.05) is 36.0 Å². The zero-order chi connectivity index (χ0) is 15.2. The number of carbonyl (C=O) groups is 2. The third kappa shape index (κ3) is 4.40.